The summed E-state index contributed by atoms with van der Waals surface area (Å²) in [6.07, 6.45) is 0.862. The van der Waals surface area contributed by atoms with Crippen LogP contribution >= 0.6 is 11.6 Å². The van der Waals surface area contributed by atoms with E-state index in [0.717, 1.165) is 12.0 Å². The fourth-order valence-electron chi connectivity index (χ4n) is 1.33. The van der Waals surface area contributed by atoms with Crippen molar-refractivity contribution >= 4 is 11.6 Å². The number of benzene rings is 1. The molecule has 78 valence electrons. The van der Waals surface area contributed by atoms with Crippen molar-refractivity contribution in [1.29, 1.82) is 0 Å². The molecule has 0 aliphatic heterocycles. The summed E-state index contributed by atoms with van der Waals surface area (Å²) in [5, 5.41) is 10.4. The van der Waals surface area contributed by atoms with E-state index in [4.69, 9.17) is 17.3 Å². The van der Waals surface area contributed by atoms with Crippen molar-refractivity contribution in [3.63, 3.8) is 0 Å². The van der Waals surface area contributed by atoms with Crippen molar-refractivity contribution in [2.45, 2.75) is 31.9 Å². The van der Waals surface area contributed by atoms with Crippen molar-refractivity contribution in [2.24, 2.45) is 5.73 Å². The molecule has 0 radical (unpaired) electrons. The number of nitrogens with two attached hydrogens (primary N) is 1. The molecule has 0 saturated heterocycles. The third kappa shape index (κ3) is 2.98. The molecule has 14 heavy (non-hydrogen) atoms. The van der Waals surface area contributed by atoms with Crippen LogP contribution in [0.25, 0.3) is 0 Å². The van der Waals surface area contributed by atoms with Crippen LogP contribution in [0.2, 0.25) is 5.02 Å². The summed E-state index contributed by atoms with van der Waals surface area (Å²) in [6, 6.07) is 7.34. The van der Waals surface area contributed by atoms with Crippen LogP contribution in [0.1, 0.15) is 31.4 Å². The monoisotopic (exact) mass is 213 g/mol. The molecular weight excluding hydrogens is 198 g/mol. The predicted octanol–water partition coefficient (Wildman–Crippen LogP) is 2.50. The van der Waals surface area contributed by atoms with Crippen molar-refractivity contribution in [3.05, 3.63) is 34.9 Å². The fraction of sp³-hybridized carbons (Fsp3) is 0.455. The lowest BCUT2D eigenvalue weighted by molar-refractivity contribution is 0.157. The normalized spacial score (nSPS) is 15.1. The Kier molecular flexibility index (Phi) is 4.39. The average molecular weight is 214 g/mol. The molecule has 0 spiro atoms. The molecule has 0 aliphatic rings. The van der Waals surface area contributed by atoms with E-state index in [1.54, 1.807) is 6.07 Å². The smallest absolute Gasteiger partial charge is 0.0819 e. The van der Waals surface area contributed by atoms with E-state index in [0.29, 0.717) is 11.4 Å². The van der Waals surface area contributed by atoms with E-state index >= 15 is 0 Å². The van der Waals surface area contributed by atoms with Gasteiger partial charge in [-0.15, -0.1) is 0 Å². The van der Waals surface area contributed by atoms with Crippen molar-refractivity contribution in [1.82, 2.24) is 0 Å². The van der Waals surface area contributed by atoms with Crippen LogP contribution < -0.4 is 5.73 Å². The van der Waals surface area contributed by atoms with Gasteiger partial charge in [-0.3, -0.25) is 0 Å². The number of rotatable bonds is 4. The molecule has 0 heterocycles. The number of aliphatic hydroxyl groups excluding tert-OH is 1. The molecule has 2 atom stereocenters. The lowest BCUT2D eigenvalue weighted by Gasteiger charge is -2.16. The lowest BCUT2D eigenvalue weighted by atomic mass is 10.0. The quantitative estimate of drug-likeness (QED) is 0.808. The topological polar surface area (TPSA) is 46.2 Å². The minimum absolute atomic E-state index is 0.0290. The van der Waals surface area contributed by atoms with Gasteiger partial charge in [0.15, 0.2) is 0 Å². The number of hydrogen-bond acceptors (Lipinski definition) is 2. The molecule has 0 bridgehead atoms. The van der Waals surface area contributed by atoms with E-state index in [1.165, 1.54) is 0 Å². The van der Waals surface area contributed by atoms with Crippen molar-refractivity contribution in [2.75, 3.05) is 0 Å². The van der Waals surface area contributed by atoms with Gasteiger partial charge in [0, 0.05) is 11.1 Å². The van der Waals surface area contributed by atoms with Gasteiger partial charge in [-0.05, 0) is 24.5 Å². The van der Waals surface area contributed by atoms with E-state index in [1.807, 2.05) is 25.1 Å². The molecule has 0 amide bonds. The van der Waals surface area contributed by atoms with Gasteiger partial charge < -0.3 is 10.8 Å². The Morgan fingerprint density at radius 1 is 1.43 bits per heavy atom. The number of aliphatic hydroxyl groups is 1. The lowest BCUT2D eigenvalue weighted by Crippen LogP contribution is -2.21. The maximum Gasteiger partial charge on any atom is 0.0819 e. The largest absolute Gasteiger partial charge is 0.388 e. The standard InChI is InChI=1S/C11H16ClNO/c1-2-8(13)7-11(14)9-5-3-4-6-10(9)12/h3-6,8,11,14H,2,7,13H2,1H3. The van der Waals surface area contributed by atoms with Gasteiger partial charge in [-0.25, -0.2) is 0 Å². The second-order valence-corrected chi connectivity index (χ2v) is 3.85. The Balaban J connectivity index is 2.69. The number of halogens is 1. The molecule has 1 aromatic carbocycles. The predicted molar refractivity (Wildman–Crippen MR) is 59.3 cm³/mol. The van der Waals surface area contributed by atoms with Gasteiger partial charge in [0.1, 0.15) is 0 Å². The maximum absolute atomic E-state index is 9.84. The highest BCUT2D eigenvalue weighted by Gasteiger charge is 2.13. The SMILES string of the molecule is CCC(N)CC(O)c1ccccc1Cl. The third-order valence-electron chi connectivity index (χ3n) is 2.31. The molecule has 2 nitrogen and oxygen atoms in total. The first-order chi connectivity index (χ1) is 6.65. The van der Waals surface area contributed by atoms with Crippen molar-refractivity contribution in [3.8, 4) is 0 Å². The zero-order chi connectivity index (χ0) is 10.6. The molecule has 0 fully saturated rings. The third-order valence-corrected chi connectivity index (χ3v) is 2.66. The summed E-state index contributed by atoms with van der Waals surface area (Å²) in [6.45, 7) is 2.00. The Bertz CT molecular complexity index is 290. The first-order valence-corrected chi connectivity index (χ1v) is 5.21. The highest BCUT2D eigenvalue weighted by molar-refractivity contribution is 6.31. The average Bonchev–Trinajstić information content (AvgIpc) is 2.18. The minimum Gasteiger partial charge on any atom is -0.388 e. The molecule has 3 N–H and O–H groups in total. The second-order valence-electron chi connectivity index (χ2n) is 3.44. The van der Waals surface area contributed by atoms with Crippen LogP contribution in [0.15, 0.2) is 24.3 Å². The molecule has 0 saturated carbocycles. The number of hydrogen-bond donors (Lipinski definition) is 2. The minimum atomic E-state index is -0.557. The zero-order valence-corrected chi connectivity index (χ0v) is 9.04. The molecule has 3 heteroatoms. The summed E-state index contributed by atoms with van der Waals surface area (Å²) < 4.78 is 0. The van der Waals surface area contributed by atoms with E-state index in [2.05, 4.69) is 0 Å². The highest BCUT2D eigenvalue weighted by Crippen LogP contribution is 2.25. The van der Waals surface area contributed by atoms with Crippen LogP contribution in [0.5, 0.6) is 0 Å². The van der Waals surface area contributed by atoms with E-state index < -0.39 is 6.10 Å². The summed E-state index contributed by atoms with van der Waals surface area (Å²) in [4.78, 5) is 0. The van der Waals surface area contributed by atoms with Crippen LogP contribution in [-0.2, 0) is 0 Å². The first-order valence-electron chi connectivity index (χ1n) is 4.83. The molecule has 1 rings (SSSR count). The van der Waals surface area contributed by atoms with Gasteiger partial charge in [0.2, 0.25) is 0 Å². The molecule has 0 aliphatic carbocycles. The van der Waals surface area contributed by atoms with Gasteiger partial charge in [-0.1, -0.05) is 36.7 Å². The van der Waals surface area contributed by atoms with Gasteiger partial charge >= 0.3 is 0 Å². The summed E-state index contributed by atoms with van der Waals surface area (Å²) in [5.74, 6) is 0. The summed E-state index contributed by atoms with van der Waals surface area (Å²) in [7, 11) is 0. The van der Waals surface area contributed by atoms with Gasteiger partial charge in [-0.2, -0.15) is 0 Å². The van der Waals surface area contributed by atoms with Crippen LogP contribution in [-0.4, -0.2) is 11.1 Å². The molecular formula is C11H16ClNO. The van der Waals surface area contributed by atoms with Gasteiger partial charge in [0.25, 0.3) is 0 Å². The Hall–Kier alpha value is -0.570. The van der Waals surface area contributed by atoms with Crippen LogP contribution in [0, 0.1) is 0 Å². The summed E-state index contributed by atoms with van der Waals surface area (Å²) >= 11 is 5.94. The molecule has 0 aromatic heterocycles. The van der Waals surface area contributed by atoms with E-state index in [-0.39, 0.29) is 6.04 Å². The fourth-order valence-corrected chi connectivity index (χ4v) is 1.59. The Morgan fingerprint density at radius 2 is 2.07 bits per heavy atom. The van der Waals surface area contributed by atoms with E-state index in [9.17, 15) is 5.11 Å². The van der Waals surface area contributed by atoms with Gasteiger partial charge in [0.05, 0.1) is 6.10 Å². The molecule has 1 aromatic rings. The second kappa shape index (κ2) is 5.35. The molecule has 2 unspecified atom stereocenters. The van der Waals surface area contributed by atoms with Crippen molar-refractivity contribution < 1.29 is 5.11 Å². The van der Waals surface area contributed by atoms with Crippen LogP contribution in [0.3, 0.4) is 0 Å². The zero-order valence-electron chi connectivity index (χ0n) is 8.28. The first kappa shape index (κ1) is 11.5. The Morgan fingerprint density at radius 3 is 2.64 bits per heavy atom. The van der Waals surface area contributed by atoms with Crippen LogP contribution in [0.4, 0.5) is 0 Å². The highest BCUT2D eigenvalue weighted by atomic mass is 35.5. The Labute approximate surface area is 89.7 Å². The summed E-state index contributed by atoms with van der Waals surface area (Å²) in [5.41, 5.74) is 6.52. The maximum atomic E-state index is 9.84.